The summed E-state index contributed by atoms with van der Waals surface area (Å²) < 4.78 is 27.8. The molecule has 100 valence electrons. The molecule has 0 amide bonds. The summed E-state index contributed by atoms with van der Waals surface area (Å²) in [5.74, 6) is -0.990. The summed E-state index contributed by atoms with van der Waals surface area (Å²) in [6, 6.07) is 10.3. The number of rotatable bonds is 3. The van der Waals surface area contributed by atoms with E-state index in [0.29, 0.717) is 5.56 Å². The molecule has 4 heteroatoms. The monoisotopic (exact) mass is 326 g/mol. The van der Waals surface area contributed by atoms with Crippen LogP contribution in [0.15, 0.2) is 46.9 Å². The molecule has 0 aliphatic rings. The molecule has 0 heterocycles. The Morgan fingerprint density at radius 1 is 1.16 bits per heavy atom. The molecule has 1 atom stereocenters. The summed E-state index contributed by atoms with van der Waals surface area (Å²) in [6.45, 7) is 1.73. The maximum Gasteiger partial charge on any atom is 0.143 e. The lowest BCUT2D eigenvalue weighted by molar-refractivity contribution is 0.0721. The first-order chi connectivity index (χ1) is 8.99. The molecule has 1 nitrogen and oxygen atoms in total. The number of hydrogen-bond acceptors (Lipinski definition) is 1. The summed E-state index contributed by atoms with van der Waals surface area (Å²) >= 11 is 3.09. The second-order valence-electron chi connectivity index (χ2n) is 4.33. The molecule has 2 aromatic rings. The fourth-order valence-electron chi connectivity index (χ4n) is 2.12. The molecule has 19 heavy (non-hydrogen) atoms. The molecule has 0 spiro atoms. The fraction of sp³-hybridized carbons (Fsp3) is 0.200. The summed E-state index contributed by atoms with van der Waals surface area (Å²) in [5.41, 5.74) is -1.07. The van der Waals surface area contributed by atoms with E-state index in [1.807, 2.05) is 0 Å². The van der Waals surface area contributed by atoms with Gasteiger partial charge >= 0.3 is 0 Å². The van der Waals surface area contributed by atoms with Gasteiger partial charge in [-0.15, -0.1) is 0 Å². The minimum atomic E-state index is -1.55. The van der Waals surface area contributed by atoms with Crippen LogP contribution in [0.4, 0.5) is 8.78 Å². The highest BCUT2D eigenvalue weighted by Crippen LogP contribution is 2.36. The third-order valence-electron chi connectivity index (χ3n) is 3.21. The molecule has 0 saturated carbocycles. The van der Waals surface area contributed by atoms with E-state index in [1.54, 1.807) is 25.1 Å². The fourth-order valence-corrected chi connectivity index (χ4v) is 2.49. The van der Waals surface area contributed by atoms with Crippen LogP contribution in [0.1, 0.15) is 24.5 Å². The molecule has 2 aromatic carbocycles. The zero-order chi connectivity index (χ0) is 14.0. The predicted molar refractivity (Wildman–Crippen MR) is 73.8 cm³/mol. The quantitative estimate of drug-likeness (QED) is 0.887. The van der Waals surface area contributed by atoms with Gasteiger partial charge in [0.15, 0.2) is 0 Å². The minimum Gasteiger partial charge on any atom is -0.380 e. The zero-order valence-electron chi connectivity index (χ0n) is 10.3. The smallest absolute Gasteiger partial charge is 0.143 e. The summed E-state index contributed by atoms with van der Waals surface area (Å²) in [7, 11) is 0. The lowest BCUT2D eigenvalue weighted by Gasteiger charge is -2.28. The van der Waals surface area contributed by atoms with E-state index in [4.69, 9.17) is 0 Å². The molecule has 0 saturated heterocycles. The highest BCUT2D eigenvalue weighted by Gasteiger charge is 2.33. The lowest BCUT2D eigenvalue weighted by atomic mass is 9.84. The molecule has 0 aromatic heterocycles. The van der Waals surface area contributed by atoms with Crippen LogP contribution in [0, 0.1) is 11.6 Å². The molecule has 0 aliphatic carbocycles. The van der Waals surface area contributed by atoms with Gasteiger partial charge < -0.3 is 5.11 Å². The van der Waals surface area contributed by atoms with E-state index >= 15 is 0 Å². The summed E-state index contributed by atoms with van der Waals surface area (Å²) in [4.78, 5) is 0. The molecule has 0 radical (unpaired) electrons. The number of aliphatic hydroxyl groups is 1. The van der Waals surface area contributed by atoms with Gasteiger partial charge in [0.25, 0.3) is 0 Å². The van der Waals surface area contributed by atoms with Crippen molar-refractivity contribution in [3.63, 3.8) is 0 Å². The van der Waals surface area contributed by atoms with Crippen LogP contribution in [0.5, 0.6) is 0 Å². The Bertz CT molecular complexity index is 600. The molecule has 1 unspecified atom stereocenters. The average molecular weight is 327 g/mol. The van der Waals surface area contributed by atoms with Crippen LogP contribution in [-0.4, -0.2) is 5.11 Å². The van der Waals surface area contributed by atoms with E-state index in [9.17, 15) is 13.9 Å². The summed E-state index contributed by atoms with van der Waals surface area (Å²) in [6.07, 6.45) is 0.240. The first-order valence-electron chi connectivity index (χ1n) is 5.92. The molecule has 0 fully saturated rings. The number of benzene rings is 2. The molecular formula is C15H13BrF2O. The van der Waals surface area contributed by atoms with Gasteiger partial charge in [0, 0.05) is 5.56 Å². The Kier molecular flexibility index (Phi) is 4.02. The topological polar surface area (TPSA) is 20.2 Å². The normalized spacial score (nSPS) is 14.2. The molecule has 1 N–H and O–H groups in total. The van der Waals surface area contributed by atoms with Gasteiger partial charge in [-0.3, -0.25) is 0 Å². The second-order valence-corrected chi connectivity index (χ2v) is 5.18. The van der Waals surface area contributed by atoms with Gasteiger partial charge in [0.1, 0.15) is 17.2 Å². The second kappa shape index (κ2) is 5.39. The first-order valence-corrected chi connectivity index (χ1v) is 6.71. The van der Waals surface area contributed by atoms with Gasteiger partial charge in [0.2, 0.25) is 0 Å². The Labute approximate surface area is 119 Å². The number of halogens is 3. The Hall–Kier alpha value is -1.26. The molecule has 0 bridgehead atoms. The van der Waals surface area contributed by atoms with Crippen molar-refractivity contribution in [2.45, 2.75) is 18.9 Å². The van der Waals surface area contributed by atoms with Crippen molar-refractivity contribution in [3.8, 4) is 0 Å². The Balaban J connectivity index is 2.63. The maximum atomic E-state index is 14.2. The van der Waals surface area contributed by atoms with E-state index in [0.717, 1.165) is 0 Å². The highest BCUT2D eigenvalue weighted by molar-refractivity contribution is 9.10. The van der Waals surface area contributed by atoms with Crippen LogP contribution < -0.4 is 0 Å². The van der Waals surface area contributed by atoms with Gasteiger partial charge in [-0.05, 0) is 46.1 Å². The van der Waals surface area contributed by atoms with Crippen molar-refractivity contribution in [3.05, 3.63) is 69.7 Å². The van der Waals surface area contributed by atoms with Crippen LogP contribution >= 0.6 is 15.9 Å². The molecular weight excluding hydrogens is 314 g/mol. The van der Waals surface area contributed by atoms with Crippen molar-refractivity contribution in [2.24, 2.45) is 0 Å². The van der Waals surface area contributed by atoms with Crippen molar-refractivity contribution in [1.29, 1.82) is 0 Å². The van der Waals surface area contributed by atoms with Crippen LogP contribution in [0.3, 0.4) is 0 Å². The standard InChI is InChI=1S/C15H13BrF2O/c1-2-15(19,10-5-3-6-11(17)9-10)12-7-4-8-13(16)14(12)18/h3-9,19H,2H2,1H3. The van der Waals surface area contributed by atoms with Crippen molar-refractivity contribution in [2.75, 3.05) is 0 Å². The van der Waals surface area contributed by atoms with Gasteiger partial charge in [0.05, 0.1) is 4.47 Å². The SMILES string of the molecule is CCC(O)(c1cccc(F)c1)c1cccc(Br)c1F. The van der Waals surface area contributed by atoms with Gasteiger partial charge in [-0.25, -0.2) is 8.78 Å². The van der Waals surface area contributed by atoms with Crippen LogP contribution in [-0.2, 0) is 5.60 Å². The number of hydrogen-bond donors (Lipinski definition) is 1. The third-order valence-corrected chi connectivity index (χ3v) is 3.82. The van der Waals surface area contributed by atoms with E-state index in [2.05, 4.69) is 15.9 Å². The van der Waals surface area contributed by atoms with E-state index in [1.165, 1.54) is 24.3 Å². The van der Waals surface area contributed by atoms with Gasteiger partial charge in [-0.1, -0.05) is 31.2 Å². The van der Waals surface area contributed by atoms with E-state index in [-0.39, 0.29) is 16.5 Å². The maximum absolute atomic E-state index is 14.2. The summed E-state index contributed by atoms with van der Waals surface area (Å²) in [5, 5.41) is 10.8. The predicted octanol–water partition coefficient (Wildman–Crippen LogP) is 4.37. The first kappa shape index (κ1) is 14.2. The lowest BCUT2D eigenvalue weighted by Crippen LogP contribution is -2.28. The molecule has 2 rings (SSSR count). The van der Waals surface area contributed by atoms with Crippen LogP contribution in [0.2, 0.25) is 0 Å². The third kappa shape index (κ3) is 2.55. The molecule has 0 aliphatic heterocycles. The largest absolute Gasteiger partial charge is 0.380 e. The zero-order valence-corrected chi connectivity index (χ0v) is 11.9. The van der Waals surface area contributed by atoms with Crippen molar-refractivity contribution in [1.82, 2.24) is 0 Å². The highest BCUT2D eigenvalue weighted by atomic mass is 79.9. The van der Waals surface area contributed by atoms with Crippen molar-refractivity contribution >= 4 is 15.9 Å². The Morgan fingerprint density at radius 3 is 2.47 bits per heavy atom. The minimum absolute atomic E-state index is 0.134. The van der Waals surface area contributed by atoms with Crippen molar-refractivity contribution < 1.29 is 13.9 Å². The van der Waals surface area contributed by atoms with E-state index < -0.39 is 17.2 Å². The van der Waals surface area contributed by atoms with Gasteiger partial charge in [-0.2, -0.15) is 0 Å². The average Bonchev–Trinajstić information content (AvgIpc) is 2.41. The van der Waals surface area contributed by atoms with Crippen LogP contribution in [0.25, 0.3) is 0 Å². The Morgan fingerprint density at radius 2 is 1.84 bits per heavy atom.